The van der Waals surface area contributed by atoms with Crippen molar-refractivity contribution in [3.05, 3.63) is 66.2 Å². The lowest BCUT2D eigenvalue weighted by Gasteiger charge is -2.09. The minimum absolute atomic E-state index is 0.0557. The Bertz CT molecular complexity index is 1310. The molecule has 0 saturated carbocycles. The second kappa shape index (κ2) is 8.61. The highest BCUT2D eigenvalue weighted by Crippen LogP contribution is 2.30. The number of carbonyl (C=O) groups excluding carboxylic acids is 2. The number of carbonyl (C=O) groups is 2. The van der Waals surface area contributed by atoms with Gasteiger partial charge in [-0.15, -0.1) is 18.3 Å². The Morgan fingerprint density at radius 2 is 2.03 bits per heavy atom. The number of furan rings is 1. The zero-order valence-corrected chi connectivity index (χ0v) is 16.8. The van der Waals surface area contributed by atoms with E-state index in [0.717, 1.165) is 18.5 Å². The summed E-state index contributed by atoms with van der Waals surface area (Å²) in [4.78, 5) is 29.0. The van der Waals surface area contributed by atoms with Gasteiger partial charge in [-0.2, -0.15) is 9.90 Å². The van der Waals surface area contributed by atoms with Crippen LogP contribution in [0.25, 0.3) is 11.3 Å². The highest BCUT2D eigenvalue weighted by atomic mass is 19.4. The van der Waals surface area contributed by atoms with Crippen molar-refractivity contribution in [2.75, 3.05) is 5.32 Å². The molecule has 13 heteroatoms. The van der Waals surface area contributed by atoms with E-state index in [2.05, 4.69) is 25.2 Å². The number of oxazole rings is 1. The van der Waals surface area contributed by atoms with E-state index in [9.17, 15) is 22.8 Å². The third-order valence-electron chi connectivity index (χ3n) is 4.20. The van der Waals surface area contributed by atoms with Gasteiger partial charge in [0.05, 0.1) is 6.20 Å². The summed E-state index contributed by atoms with van der Waals surface area (Å²) in [5.41, 5.74) is -0.0204. The molecule has 0 aliphatic carbocycles. The molecular weight excluding hydrogens is 447 g/mol. The van der Waals surface area contributed by atoms with Crippen LogP contribution in [0.4, 0.5) is 19.0 Å². The zero-order chi connectivity index (χ0) is 23.6. The van der Waals surface area contributed by atoms with E-state index < -0.39 is 18.0 Å². The molecule has 3 heterocycles. The number of Topliss-reactive ketones (excluding diaryl/α,β-unsaturated/α-hetero) is 1. The van der Waals surface area contributed by atoms with Gasteiger partial charge in [0.15, 0.2) is 35.2 Å². The van der Waals surface area contributed by atoms with Crippen molar-refractivity contribution in [3.63, 3.8) is 0 Å². The molecule has 0 aliphatic rings. The van der Waals surface area contributed by atoms with Gasteiger partial charge in [-0.1, -0.05) is 12.1 Å². The molecule has 0 radical (unpaired) electrons. The topological polar surface area (TPSA) is 125 Å². The summed E-state index contributed by atoms with van der Waals surface area (Å²) in [6.07, 6.45) is -2.60. The van der Waals surface area contributed by atoms with Gasteiger partial charge >= 0.3 is 6.36 Å². The van der Waals surface area contributed by atoms with Crippen molar-refractivity contribution in [2.24, 2.45) is 0 Å². The number of rotatable bonds is 7. The SMILES string of the molecule is CC(=O)c1ccc(Cn2ncc(NC(=O)c3ncoc3-c3cccc(OC(F)(F)F)c3)n2)o1. The molecule has 1 amide bonds. The molecule has 3 aromatic heterocycles. The zero-order valence-electron chi connectivity index (χ0n) is 16.8. The van der Waals surface area contributed by atoms with Crippen LogP contribution in [0.1, 0.15) is 33.7 Å². The first-order valence-corrected chi connectivity index (χ1v) is 9.29. The lowest BCUT2D eigenvalue weighted by Crippen LogP contribution is -2.17. The summed E-state index contributed by atoms with van der Waals surface area (Å²) < 4.78 is 51.9. The number of nitrogens with one attached hydrogen (secondary N) is 1. The number of alkyl halides is 3. The average molecular weight is 461 g/mol. The van der Waals surface area contributed by atoms with Crippen LogP contribution in [-0.2, 0) is 6.54 Å². The van der Waals surface area contributed by atoms with Crippen LogP contribution in [-0.4, -0.2) is 38.0 Å². The second-order valence-electron chi connectivity index (χ2n) is 6.64. The average Bonchev–Trinajstić information content (AvgIpc) is 3.48. The van der Waals surface area contributed by atoms with Crippen molar-refractivity contribution in [1.82, 2.24) is 20.0 Å². The fourth-order valence-corrected chi connectivity index (χ4v) is 2.84. The molecule has 0 spiro atoms. The van der Waals surface area contributed by atoms with Gasteiger partial charge in [-0.3, -0.25) is 9.59 Å². The third-order valence-corrected chi connectivity index (χ3v) is 4.20. The summed E-state index contributed by atoms with van der Waals surface area (Å²) in [7, 11) is 0. The van der Waals surface area contributed by atoms with Gasteiger partial charge in [-0.05, 0) is 24.3 Å². The third kappa shape index (κ3) is 5.26. The summed E-state index contributed by atoms with van der Waals surface area (Å²) in [6.45, 7) is 1.49. The number of nitrogens with zero attached hydrogens (tertiary/aromatic N) is 4. The summed E-state index contributed by atoms with van der Waals surface area (Å²) in [5, 5.41) is 10.6. The monoisotopic (exact) mass is 461 g/mol. The van der Waals surface area contributed by atoms with E-state index in [1.807, 2.05) is 0 Å². The Morgan fingerprint density at radius 1 is 1.21 bits per heavy atom. The molecule has 0 saturated heterocycles. The van der Waals surface area contributed by atoms with E-state index in [1.165, 1.54) is 36.1 Å². The maximum Gasteiger partial charge on any atom is 0.573 e. The van der Waals surface area contributed by atoms with Crippen LogP contribution in [0.3, 0.4) is 0 Å². The van der Waals surface area contributed by atoms with Crippen LogP contribution in [0.2, 0.25) is 0 Å². The summed E-state index contributed by atoms with van der Waals surface area (Å²) in [6, 6.07) is 8.08. The van der Waals surface area contributed by atoms with E-state index in [0.29, 0.717) is 5.76 Å². The van der Waals surface area contributed by atoms with Crippen LogP contribution in [0.5, 0.6) is 5.75 Å². The molecule has 4 aromatic rings. The van der Waals surface area contributed by atoms with Crippen molar-refractivity contribution in [3.8, 4) is 17.1 Å². The maximum atomic E-state index is 12.7. The first-order valence-electron chi connectivity index (χ1n) is 9.29. The molecule has 170 valence electrons. The molecule has 10 nitrogen and oxygen atoms in total. The molecule has 1 aromatic carbocycles. The molecule has 33 heavy (non-hydrogen) atoms. The first-order chi connectivity index (χ1) is 15.7. The Labute approximate surface area is 183 Å². The second-order valence-corrected chi connectivity index (χ2v) is 6.64. The number of anilines is 1. The lowest BCUT2D eigenvalue weighted by atomic mass is 10.1. The molecule has 4 rings (SSSR count). The highest BCUT2D eigenvalue weighted by molar-refractivity contribution is 6.05. The standard InChI is InChI=1S/C20H14F3N5O5/c1-11(29)15-6-5-14(32-15)9-28-25-8-16(27-28)26-19(30)17-18(31-10-24-17)12-3-2-4-13(7-12)33-20(21,22)23/h2-8,10H,9H2,1H3,(H,26,27,30). The van der Waals surface area contributed by atoms with Crippen LogP contribution < -0.4 is 10.1 Å². The molecule has 0 atom stereocenters. The number of ether oxygens (including phenoxy) is 1. The number of hydrogen-bond acceptors (Lipinski definition) is 8. The first kappa shape index (κ1) is 21.8. The number of ketones is 1. The Morgan fingerprint density at radius 3 is 2.76 bits per heavy atom. The van der Waals surface area contributed by atoms with Gasteiger partial charge in [0.2, 0.25) is 0 Å². The van der Waals surface area contributed by atoms with Crippen LogP contribution >= 0.6 is 0 Å². The largest absolute Gasteiger partial charge is 0.573 e. The van der Waals surface area contributed by atoms with Crippen LogP contribution in [0, 0.1) is 0 Å². The molecule has 1 N–H and O–H groups in total. The van der Waals surface area contributed by atoms with Crippen molar-refractivity contribution < 1.29 is 36.3 Å². The Kier molecular flexibility index (Phi) is 5.69. The Balaban J connectivity index is 1.47. The highest BCUT2D eigenvalue weighted by Gasteiger charge is 2.31. The van der Waals surface area contributed by atoms with E-state index >= 15 is 0 Å². The van der Waals surface area contributed by atoms with Crippen LogP contribution in [0.15, 0.2) is 57.8 Å². The predicted molar refractivity (Wildman–Crippen MR) is 104 cm³/mol. The number of aromatic nitrogens is 4. The molecule has 0 aliphatic heterocycles. The quantitative estimate of drug-likeness (QED) is 0.411. The van der Waals surface area contributed by atoms with Gasteiger partial charge in [0.25, 0.3) is 5.91 Å². The van der Waals surface area contributed by atoms with E-state index in [4.69, 9.17) is 8.83 Å². The summed E-state index contributed by atoms with van der Waals surface area (Å²) in [5.74, 6) is -0.744. The fourth-order valence-electron chi connectivity index (χ4n) is 2.84. The minimum Gasteiger partial charge on any atom is -0.456 e. The van der Waals surface area contributed by atoms with E-state index in [-0.39, 0.29) is 40.9 Å². The molecular formula is C20H14F3N5O5. The molecule has 0 fully saturated rings. The normalized spacial score (nSPS) is 11.4. The number of benzene rings is 1. The van der Waals surface area contributed by atoms with Gasteiger partial charge in [0, 0.05) is 12.5 Å². The summed E-state index contributed by atoms with van der Waals surface area (Å²) >= 11 is 0. The van der Waals surface area contributed by atoms with Crippen molar-refractivity contribution in [1.29, 1.82) is 0 Å². The molecule has 0 unspecified atom stereocenters. The van der Waals surface area contributed by atoms with Gasteiger partial charge in [0.1, 0.15) is 18.1 Å². The fraction of sp³-hybridized carbons (Fsp3) is 0.150. The number of amides is 1. The number of hydrogen-bond donors (Lipinski definition) is 1. The smallest absolute Gasteiger partial charge is 0.456 e. The minimum atomic E-state index is -4.87. The Hall–Kier alpha value is -4.42. The van der Waals surface area contributed by atoms with E-state index in [1.54, 1.807) is 6.07 Å². The van der Waals surface area contributed by atoms with Gasteiger partial charge < -0.3 is 18.9 Å². The molecule has 0 bridgehead atoms. The maximum absolute atomic E-state index is 12.7. The predicted octanol–water partition coefficient (Wildman–Crippen LogP) is 3.93. The lowest BCUT2D eigenvalue weighted by molar-refractivity contribution is -0.274. The van der Waals surface area contributed by atoms with Gasteiger partial charge in [-0.25, -0.2) is 4.98 Å². The van der Waals surface area contributed by atoms with Crippen molar-refractivity contribution >= 4 is 17.5 Å². The number of halogens is 3. The van der Waals surface area contributed by atoms with Crippen molar-refractivity contribution in [2.45, 2.75) is 19.8 Å².